The predicted octanol–water partition coefficient (Wildman–Crippen LogP) is 2.05. The van der Waals surface area contributed by atoms with Gasteiger partial charge in [-0.25, -0.2) is 0 Å². The fourth-order valence-electron chi connectivity index (χ4n) is 0.734. The molecule has 0 amide bonds. The summed E-state index contributed by atoms with van der Waals surface area (Å²) in [7, 11) is 0. The predicted molar refractivity (Wildman–Crippen MR) is 38.3 cm³/mol. The Labute approximate surface area is 57.6 Å². The van der Waals surface area contributed by atoms with Crippen LogP contribution in [0.25, 0.3) is 0 Å². The van der Waals surface area contributed by atoms with Crippen molar-refractivity contribution in [3.63, 3.8) is 0 Å². The highest BCUT2D eigenvalue weighted by Gasteiger charge is 2.09. The number of nitrogens with one attached hydrogen (secondary N) is 1. The van der Waals surface area contributed by atoms with Crippen molar-refractivity contribution >= 4 is 17.9 Å². The molecule has 9 heavy (non-hydrogen) atoms. The Morgan fingerprint density at radius 3 is 3.11 bits per heavy atom. The Kier molecular flexibility index (Phi) is 1.02. The third-order valence-corrected chi connectivity index (χ3v) is 1.74. The zero-order valence-corrected chi connectivity index (χ0v) is 5.44. The van der Waals surface area contributed by atoms with Crippen LogP contribution >= 0.6 is 12.2 Å². The van der Waals surface area contributed by atoms with Gasteiger partial charge in [-0.3, -0.25) is 4.72 Å². The van der Waals surface area contributed by atoms with Crippen LogP contribution in [-0.2, 0) is 0 Å². The summed E-state index contributed by atoms with van der Waals surface area (Å²) < 4.78 is 8.10. The molecule has 1 aliphatic rings. The molecule has 0 unspecified atom stereocenters. The molecule has 0 aliphatic carbocycles. The Bertz CT molecular complexity index is 203. The molecule has 46 valence electrons. The first kappa shape index (κ1) is 4.99. The highest BCUT2D eigenvalue weighted by molar-refractivity contribution is 7.96. The SMILES string of the molecule is c1ccc2c(c1)NSO2. The van der Waals surface area contributed by atoms with Crippen molar-refractivity contribution in [2.75, 3.05) is 4.72 Å². The monoisotopic (exact) mass is 139 g/mol. The van der Waals surface area contributed by atoms with E-state index in [0.29, 0.717) is 0 Å². The maximum absolute atomic E-state index is 5.10. The summed E-state index contributed by atoms with van der Waals surface area (Å²) in [5.41, 5.74) is 1.06. The van der Waals surface area contributed by atoms with Gasteiger partial charge >= 0.3 is 0 Å². The van der Waals surface area contributed by atoms with Gasteiger partial charge in [-0.15, -0.1) is 0 Å². The lowest BCUT2D eigenvalue weighted by molar-refractivity contribution is 0.665. The highest BCUT2D eigenvalue weighted by atomic mass is 32.2. The number of hydrogen-bond acceptors (Lipinski definition) is 3. The molecule has 0 aromatic heterocycles. The van der Waals surface area contributed by atoms with Gasteiger partial charge in [-0.05, 0) is 12.1 Å². The molecule has 0 saturated carbocycles. The van der Waals surface area contributed by atoms with Crippen molar-refractivity contribution in [3.05, 3.63) is 24.3 Å². The van der Waals surface area contributed by atoms with E-state index in [4.69, 9.17) is 4.18 Å². The molecule has 2 nitrogen and oxygen atoms in total. The second-order valence-corrected chi connectivity index (χ2v) is 2.30. The van der Waals surface area contributed by atoms with Crippen LogP contribution < -0.4 is 8.91 Å². The van der Waals surface area contributed by atoms with Crippen molar-refractivity contribution in [1.29, 1.82) is 0 Å². The van der Waals surface area contributed by atoms with E-state index in [1.165, 1.54) is 12.2 Å². The first-order chi connectivity index (χ1) is 4.47. The van der Waals surface area contributed by atoms with Crippen LogP contribution in [0.4, 0.5) is 5.69 Å². The minimum absolute atomic E-state index is 0.919. The normalized spacial score (nSPS) is 13.8. The molecule has 0 saturated heterocycles. The summed E-state index contributed by atoms with van der Waals surface area (Å²) in [4.78, 5) is 0. The summed E-state index contributed by atoms with van der Waals surface area (Å²) >= 11 is 1.25. The summed E-state index contributed by atoms with van der Waals surface area (Å²) in [5.74, 6) is 0.919. The lowest BCUT2D eigenvalue weighted by atomic mass is 10.3. The number of fused-ring (bicyclic) bond motifs is 1. The fourth-order valence-corrected chi connectivity index (χ4v) is 1.27. The first-order valence-corrected chi connectivity index (χ1v) is 3.39. The Balaban J connectivity index is 2.54. The second kappa shape index (κ2) is 1.84. The molecular formula is C6H5NOS. The molecule has 3 heteroatoms. The Morgan fingerprint density at radius 2 is 2.22 bits per heavy atom. The molecule has 2 rings (SSSR count). The van der Waals surface area contributed by atoms with Crippen molar-refractivity contribution < 1.29 is 4.18 Å². The maximum atomic E-state index is 5.10. The maximum Gasteiger partial charge on any atom is 0.176 e. The van der Waals surface area contributed by atoms with E-state index < -0.39 is 0 Å². The van der Waals surface area contributed by atoms with Crippen LogP contribution in [0.15, 0.2) is 24.3 Å². The van der Waals surface area contributed by atoms with Crippen molar-refractivity contribution in [1.82, 2.24) is 0 Å². The van der Waals surface area contributed by atoms with Gasteiger partial charge in [0.05, 0.1) is 5.69 Å². The molecule has 0 bridgehead atoms. The number of para-hydroxylation sites is 2. The van der Waals surface area contributed by atoms with Crippen LogP contribution in [0.3, 0.4) is 0 Å². The standard InChI is InChI=1S/C6H5NOS/c1-2-4-6-5(3-1)7-9-8-6/h1-4,7H. The van der Waals surface area contributed by atoms with E-state index in [0.717, 1.165) is 11.4 Å². The highest BCUT2D eigenvalue weighted by Crippen LogP contribution is 2.34. The lowest BCUT2D eigenvalue weighted by Gasteiger charge is -1.89. The molecule has 0 atom stereocenters. The van der Waals surface area contributed by atoms with E-state index >= 15 is 0 Å². The van der Waals surface area contributed by atoms with Crippen LogP contribution in [0.5, 0.6) is 5.75 Å². The first-order valence-electron chi connectivity index (χ1n) is 2.65. The van der Waals surface area contributed by atoms with Crippen LogP contribution in [0, 0.1) is 0 Å². The molecule has 1 aromatic rings. The second-order valence-electron chi connectivity index (χ2n) is 1.76. The lowest BCUT2D eigenvalue weighted by Crippen LogP contribution is -1.73. The van der Waals surface area contributed by atoms with Crippen LogP contribution in [0.1, 0.15) is 0 Å². The molecule has 0 spiro atoms. The van der Waals surface area contributed by atoms with Crippen molar-refractivity contribution in [2.45, 2.75) is 0 Å². The van der Waals surface area contributed by atoms with E-state index in [-0.39, 0.29) is 0 Å². The molecule has 1 aliphatic heterocycles. The average Bonchev–Trinajstić information content (AvgIpc) is 2.33. The quantitative estimate of drug-likeness (QED) is 0.439. The summed E-state index contributed by atoms with van der Waals surface area (Å²) in [5, 5.41) is 0. The molecule has 0 fully saturated rings. The Hall–Kier alpha value is -0.830. The van der Waals surface area contributed by atoms with Gasteiger partial charge in [0.25, 0.3) is 0 Å². The zero-order valence-electron chi connectivity index (χ0n) is 4.63. The summed E-state index contributed by atoms with van der Waals surface area (Å²) in [6.07, 6.45) is 0. The number of benzene rings is 1. The van der Waals surface area contributed by atoms with Gasteiger partial charge < -0.3 is 4.18 Å². The summed E-state index contributed by atoms with van der Waals surface area (Å²) in [6, 6.07) is 7.84. The van der Waals surface area contributed by atoms with E-state index in [9.17, 15) is 0 Å². The van der Waals surface area contributed by atoms with Crippen LogP contribution in [-0.4, -0.2) is 0 Å². The van der Waals surface area contributed by atoms with Crippen molar-refractivity contribution in [2.24, 2.45) is 0 Å². The van der Waals surface area contributed by atoms with E-state index in [2.05, 4.69) is 4.72 Å². The van der Waals surface area contributed by atoms with E-state index in [1.807, 2.05) is 24.3 Å². The largest absolute Gasteiger partial charge is 0.403 e. The third-order valence-electron chi connectivity index (χ3n) is 1.17. The number of anilines is 1. The summed E-state index contributed by atoms with van der Waals surface area (Å²) in [6.45, 7) is 0. The fraction of sp³-hybridized carbons (Fsp3) is 0. The van der Waals surface area contributed by atoms with Gasteiger partial charge in [0, 0.05) is 0 Å². The number of rotatable bonds is 0. The molecule has 0 radical (unpaired) electrons. The third kappa shape index (κ3) is 0.733. The molecule has 1 aromatic carbocycles. The Morgan fingerprint density at radius 1 is 1.33 bits per heavy atom. The minimum atomic E-state index is 0.919. The van der Waals surface area contributed by atoms with Gasteiger partial charge in [-0.2, -0.15) is 0 Å². The molecule has 1 heterocycles. The topological polar surface area (TPSA) is 21.3 Å². The average molecular weight is 139 g/mol. The van der Waals surface area contributed by atoms with E-state index in [1.54, 1.807) is 0 Å². The van der Waals surface area contributed by atoms with Crippen LogP contribution in [0.2, 0.25) is 0 Å². The number of hydrogen-bond donors (Lipinski definition) is 1. The zero-order chi connectivity index (χ0) is 6.10. The van der Waals surface area contributed by atoms with Gasteiger partial charge in [-0.1, -0.05) is 12.1 Å². The minimum Gasteiger partial charge on any atom is -0.403 e. The molecular weight excluding hydrogens is 134 g/mol. The van der Waals surface area contributed by atoms with Gasteiger partial charge in [0.1, 0.15) is 0 Å². The smallest absolute Gasteiger partial charge is 0.176 e. The van der Waals surface area contributed by atoms with Crippen molar-refractivity contribution in [3.8, 4) is 5.75 Å². The van der Waals surface area contributed by atoms with Gasteiger partial charge in [0.2, 0.25) is 0 Å². The van der Waals surface area contributed by atoms with Gasteiger partial charge in [0.15, 0.2) is 18.0 Å². The molecule has 1 N–H and O–H groups in total.